The number of hydrogen-bond donors (Lipinski definition) is 1. The van der Waals surface area contributed by atoms with Gasteiger partial charge in [0.25, 0.3) is 5.91 Å². The third-order valence-electron chi connectivity index (χ3n) is 2.94. The van der Waals surface area contributed by atoms with Gasteiger partial charge < -0.3 is 14.8 Å². The van der Waals surface area contributed by atoms with Gasteiger partial charge in [-0.05, 0) is 24.6 Å². The van der Waals surface area contributed by atoms with Gasteiger partial charge >= 0.3 is 0 Å². The van der Waals surface area contributed by atoms with Gasteiger partial charge in [0.15, 0.2) is 0 Å². The van der Waals surface area contributed by atoms with Crippen molar-refractivity contribution in [3.63, 3.8) is 0 Å². The maximum Gasteiger partial charge on any atom is 0.257 e. The number of aromatic nitrogens is 1. The number of pyridine rings is 1. The molecule has 0 aliphatic carbocycles. The lowest BCUT2D eigenvalue weighted by atomic mass is 10.2. The zero-order chi connectivity index (χ0) is 15.4. The Hall–Kier alpha value is -2.27. The number of methoxy groups -OCH3 is 2. The Morgan fingerprint density at radius 2 is 2.00 bits per heavy atom. The van der Waals surface area contributed by atoms with E-state index in [1.807, 2.05) is 6.92 Å². The SMILES string of the molecule is COc1ccc(C(=O)Nc2cc(C)c(Cl)cc2OC)cn1. The number of halogens is 1. The van der Waals surface area contributed by atoms with Crippen LogP contribution in [0.25, 0.3) is 0 Å². The van der Waals surface area contributed by atoms with Crippen LogP contribution in [0, 0.1) is 6.92 Å². The fraction of sp³-hybridized carbons (Fsp3) is 0.200. The molecule has 1 heterocycles. The number of amides is 1. The normalized spacial score (nSPS) is 10.1. The van der Waals surface area contributed by atoms with E-state index in [2.05, 4.69) is 10.3 Å². The van der Waals surface area contributed by atoms with Crippen LogP contribution < -0.4 is 14.8 Å². The fourth-order valence-electron chi connectivity index (χ4n) is 1.76. The molecule has 0 radical (unpaired) electrons. The van der Waals surface area contributed by atoms with Gasteiger partial charge in [-0.15, -0.1) is 0 Å². The minimum absolute atomic E-state index is 0.287. The van der Waals surface area contributed by atoms with E-state index in [1.165, 1.54) is 20.4 Å². The molecule has 0 spiro atoms. The lowest BCUT2D eigenvalue weighted by molar-refractivity contribution is 0.102. The Morgan fingerprint density at radius 1 is 1.24 bits per heavy atom. The predicted molar refractivity (Wildman–Crippen MR) is 81.5 cm³/mol. The number of benzene rings is 1. The first-order valence-corrected chi connectivity index (χ1v) is 6.58. The Labute approximate surface area is 127 Å². The molecule has 0 unspecified atom stereocenters. The highest BCUT2D eigenvalue weighted by Gasteiger charge is 2.12. The summed E-state index contributed by atoms with van der Waals surface area (Å²) in [5.41, 5.74) is 1.83. The number of nitrogens with zero attached hydrogens (tertiary/aromatic N) is 1. The number of carbonyl (C=O) groups is 1. The van der Waals surface area contributed by atoms with Gasteiger partial charge in [0, 0.05) is 23.4 Å². The van der Waals surface area contributed by atoms with E-state index in [0.29, 0.717) is 27.9 Å². The molecule has 0 fully saturated rings. The van der Waals surface area contributed by atoms with Crippen molar-refractivity contribution in [2.45, 2.75) is 6.92 Å². The zero-order valence-corrected chi connectivity index (χ0v) is 12.7. The highest BCUT2D eigenvalue weighted by molar-refractivity contribution is 6.31. The number of hydrogen-bond acceptors (Lipinski definition) is 4. The van der Waals surface area contributed by atoms with Crippen LogP contribution in [0.4, 0.5) is 5.69 Å². The molecule has 0 aliphatic rings. The quantitative estimate of drug-likeness (QED) is 0.941. The third kappa shape index (κ3) is 3.44. The van der Waals surface area contributed by atoms with Crippen molar-refractivity contribution < 1.29 is 14.3 Å². The van der Waals surface area contributed by atoms with Crippen molar-refractivity contribution in [2.75, 3.05) is 19.5 Å². The Bertz CT molecular complexity index is 657. The van der Waals surface area contributed by atoms with E-state index in [9.17, 15) is 4.79 Å². The van der Waals surface area contributed by atoms with E-state index in [1.54, 1.807) is 24.3 Å². The lowest BCUT2D eigenvalue weighted by Crippen LogP contribution is -2.13. The van der Waals surface area contributed by atoms with Gasteiger partial charge in [0.2, 0.25) is 5.88 Å². The molecule has 6 heteroatoms. The van der Waals surface area contributed by atoms with E-state index in [4.69, 9.17) is 21.1 Å². The first kappa shape index (κ1) is 15.1. The predicted octanol–water partition coefficient (Wildman–Crippen LogP) is 3.31. The van der Waals surface area contributed by atoms with Crippen LogP contribution in [0.15, 0.2) is 30.5 Å². The zero-order valence-electron chi connectivity index (χ0n) is 11.9. The molecule has 0 saturated heterocycles. The van der Waals surface area contributed by atoms with Gasteiger partial charge in [-0.1, -0.05) is 11.6 Å². The minimum Gasteiger partial charge on any atom is -0.495 e. The standard InChI is InChI=1S/C15H15ClN2O3/c1-9-6-12(13(20-2)7-11(9)16)18-15(19)10-4-5-14(21-3)17-8-10/h4-8H,1-3H3,(H,18,19). The summed E-state index contributed by atoms with van der Waals surface area (Å²) in [6.07, 6.45) is 1.45. The molecule has 0 aliphatic heterocycles. The van der Waals surface area contributed by atoms with Crippen LogP contribution in [0.1, 0.15) is 15.9 Å². The molecule has 1 aromatic heterocycles. The summed E-state index contributed by atoms with van der Waals surface area (Å²) < 4.78 is 10.2. The van der Waals surface area contributed by atoms with E-state index >= 15 is 0 Å². The van der Waals surface area contributed by atoms with Crippen molar-refractivity contribution in [1.29, 1.82) is 0 Å². The highest BCUT2D eigenvalue weighted by atomic mass is 35.5. The highest BCUT2D eigenvalue weighted by Crippen LogP contribution is 2.31. The summed E-state index contributed by atoms with van der Waals surface area (Å²) in [5, 5.41) is 3.36. The molecule has 2 rings (SSSR count). The van der Waals surface area contributed by atoms with Gasteiger partial charge in [-0.3, -0.25) is 4.79 Å². The van der Waals surface area contributed by atoms with Gasteiger partial charge in [-0.2, -0.15) is 0 Å². The van der Waals surface area contributed by atoms with Crippen molar-refractivity contribution >= 4 is 23.2 Å². The van der Waals surface area contributed by atoms with E-state index < -0.39 is 0 Å². The number of rotatable bonds is 4. The number of nitrogens with one attached hydrogen (secondary N) is 1. The Kier molecular flexibility index (Phi) is 4.65. The summed E-state index contributed by atoms with van der Waals surface area (Å²) >= 11 is 6.03. The molecule has 21 heavy (non-hydrogen) atoms. The molecule has 2 aromatic rings. The smallest absolute Gasteiger partial charge is 0.257 e. The molecule has 0 bridgehead atoms. The van der Waals surface area contributed by atoms with Crippen LogP contribution in [-0.4, -0.2) is 25.1 Å². The second kappa shape index (κ2) is 6.45. The Balaban J connectivity index is 2.24. The maximum absolute atomic E-state index is 12.2. The average Bonchev–Trinajstić information content (AvgIpc) is 2.50. The molecule has 1 amide bonds. The molecule has 110 valence electrons. The van der Waals surface area contributed by atoms with Gasteiger partial charge in [0.05, 0.1) is 25.5 Å². The van der Waals surface area contributed by atoms with Crippen LogP contribution in [-0.2, 0) is 0 Å². The molecule has 0 saturated carbocycles. The molecular weight excluding hydrogens is 292 g/mol. The largest absolute Gasteiger partial charge is 0.495 e. The lowest BCUT2D eigenvalue weighted by Gasteiger charge is -2.12. The van der Waals surface area contributed by atoms with Gasteiger partial charge in [0.1, 0.15) is 5.75 Å². The molecule has 5 nitrogen and oxygen atoms in total. The van der Waals surface area contributed by atoms with Gasteiger partial charge in [-0.25, -0.2) is 4.98 Å². The van der Waals surface area contributed by atoms with E-state index in [0.717, 1.165) is 5.56 Å². The topological polar surface area (TPSA) is 60.5 Å². The van der Waals surface area contributed by atoms with Crippen molar-refractivity contribution in [1.82, 2.24) is 4.98 Å². The number of anilines is 1. The third-order valence-corrected chi connectivity index (χ3v) is 3.34. The summed E-state index contributed by atoms with van der Waals surface area (Å²) in [6, 6.07) is 6.68. The second-order valence-electron chi connectivity index (χ2n) is 4.35. The molecule has 1 N–H and O–H groups in total. The molecule has 0 atom stereocenters. The van der Waals surface area contributed by atoms with E-state index in [-0.39, 0.29) is 5.91 Å². The Morgan fingerprint density at radius 3 is 2.57 bits per heavy atom. The molecular formula is C15H15ClN2O3. The van der Waals surface area contributed by atoms with Crippen LogP contribution in [0.3, 0.4) is 0 Å². The fourth-order valence-corrected chi connectivity index (χ4v) is 1.91. The van der Waals surface area contributed by atoms with Crippen LogP contribution >= 0.6 is 11.6 Å². The molecule has 1 aromatic carbocycles. The summed E-state index contributed by atoms with van der Waals surface area (Å²) in [7, 11) is 3.04. The van der Waals surface area contributed by atoms with Crippen molar-refractivity contribution in [3.8, 4) is 11.6 Å². The van der Waals surface area contributed by atoms with Crippen molar-refractivity contribution in [3.05, 3.63) is 46.6 Å². The monoisotopic (exact) mass is 306 g/mol. The summed E-state index contributed by atoms with van der Waals surface area (Å²) in [6.45, 7) is 1.85. The second-order valence-corrected chi connectivity index (χ2v) is 4.75. The van der Waals surface area contributed by atoms with Crippen LogP contribution in [0.2, 0.25) is 5.02 Å². The first-order chi connectivity index (χ1) is 10.0. The van der Waals surface area contributed by atoms with Crippen molar-refractivity contribution in [2.24, 2.45) is 0 Å². The summed E-state index contributed by atoms with van der Waals surface area (Å²) in [4.78, 5) is 16.2. The summed E-state index contributed by atoms with van der Waals surface area (Å²) in [5.74, 6) is 0.664. The number of aryl methyl sites for hydroxylation is 1. The number of carbonyl (C=O) groups excluding carboxylic acids is 1. The first-order valence-electron chi connectivity index (χ1n) is 6.20. The average molecular weight is 307 g/mol. The maximum atomic E-state index is 12.2. The minimum atomic E-state index is -0.287. The van der Waals surface area contributed by atoms with Crippen LogP contribution in [0.5, 0.6) is 11.6 Å². The number of ether oxygens (including phenoxy) is 2.